The largest absolute Gasteiger partial charge is 0.454 e. The van der Waals surface area contributed by atoms with Gasteiger partial charge in [-0.1, -0.05) is 36.4 Å². The maximum absolute atomic E-state index is 12.4. The normalized spacial score (nSPS) is 12.5. The van der Waals surface area contributed by atoms with Gasteiger partial charge in [-0.3, -0.25) is 34.2 Å². The summed E-state index contributed by atoms with van der Waals surface area (Å²) in [5.74, 6) is -3.33. The van der Waals surface area contributed by atoms with Gasteiger partial charge in [-0.05, 0) is 11.6 Å². The summed E-state index contributed by atoms with van der Waals surface area (Å²) in [6, 6.07) is 12.7. The number of nitro groups is 1. The lowest BCUT2D eigenvalue weighted by atomic mass is 10.1. The maximum atomic E-state index is 12.4. The SMILES string of the molecule is O=C(COC(=O)CN1C(=O)c2cccc([N+](=O)[O-])c2C1=O)NCc1ccccc1. The summed E-state index contributed by atoms with van der Waals surface area (Å²) in [6.07, 6.45) is 0. The third-order valence-corrected chi connectivity index (χ3v) is 4.16. The van der Waals surface area contributed by atoms with E-state index in [1.165, 1.54) is 12.1 Å². The number of nitrogens with zero attached hydrogens (tertiary/aromatic N) is 2. The Bertz CT molecular complexity index is 1000. The number of fused-ring (bicyclic) bond motifs is 1. The molecule has 2 aromatic carbocycles. The highest BCUT2D eigenvalue weighted by Crippen LogP contribution is 2.30. The number of nitro benzene ring substituents is 1. The van der Waals surface area contributed by atoms with Crippen LogP contribution in [-0.4, -0.2) is 46.7 Å². The van der Waals surface area contributed by atoms with E-state index in [9.17, 15) is 29.3 Å². The van der Waals surface area contributed by atoms with E-state index in [4.69, 9.17) is 4.74 Å². The first kappa shape index (κ1) is 19.7. The Balaban J connectivity index is 1.55. The molecule has 3 rings (SSSR count). The Hall–Kier alpha value is -4.08. The van der Waals surface area contributed by atoms with E-state index in [1.807, 2.05) is 30.3 Å². The minimum Gasteiger partial charge on any atom is -0.454 e. The number of imide groups is 1. The van der Waals surface area contributed by atoms with Crippen molar-refractivity contribution >= 4 is 29.4 Å². The molecule has 10 heteroatoms. The molecule has 0 aliphatic carbocycles. The summed E-state index contributed by atoms with van der Waals surface area (Å²) >= 11 is 0. The molecule has 0 radical (unpaired) electrons. The lowest BCUT2D eigenvalue weighted by Gasteiger charge is -2.13. The second-order valence-corrected chi connectivity index (χ2v) is 6.08. The molecule has 0 saturated carbocycles. The van der Waals surface area contributed by atoms with Crippen LogP contribution in [0.25, 0.3) is 0 Å². The van der Waals surface area contributed by atoms with Gasteiger partial charge in [0.05, 0.1) is 10.5 Å². The number of carbonyl (C=O) groups excluding carboxylic acids is 4. The number of amides is 3. The first-order valence-electron chi connectivity index (χ1n) is 8.48. The molecule has 0 saturated heterocycles. The first-order chi connectivity index (χ1) is 13.9. The summed E-state index contributed by atoms with van der Waals surface area (Å²) in [6.45, 7) is -1.09. The van der Waals surface area contributed by atoms with Crippen LogP contribution >= 0.6 is 0 Å². The van der Waals surface area contributed by atoms with Gasteiger partial charge < -0.3 is 10.1 Å². The van der Waals surface area contributed by atoms with Gasteiger partial charge in [0, 0.05) is 12.6 Å². The molecule has 148 valence electrons. The van der Waals surface area contributed by atoms with Gasteiger partial charge in [-0.15, -0.1) is 0 Å². The molecule has 1 aliphatic heterocycles. The van der Waals surface area contributed by atoms with E-state index in [2.05, 4.69) is 5.32 Å². The van der Waals surface area contributed by atoms with E-state index in [0.717, 1.165) is 11.6 Å². The lowest BCUT2D eigenvalue weighted by Crippen LogP contribution is -2.37. The molecule has 0 spiro atoms. The molecule has 29 heavy (non-hydrogen) atoms. The topological polar surface area (TPSA) is 136 Å². The smallest absolute Gasteiger partial charge is 0.326 e. The molecule has 1 aliphatic rings. The average Bonchev–Trinajstić information content (AvgIpc) is 2.96. The van der Waals surface area contributed by atoms with Gasteiger partial charge >= 0.3 is 5.97 Å². The molecular weight excluding hydrogens is 382 g/mol. The lowest BCUT2D eigenvalue weighted by molar-refractivity contribution is -0.385. The van der Waals surface area contributed by atoms with E-state index in [-0.39, 0.29) is 17.7 Å². The summed E-state index contributed by atoms with van der Waals surface area (Å²) in [5, 5.41) is 13.6. The van der Waals surface area contributed by atoms with Crippen LogP contribution in [0, 0.1) is 10.1 Å². The number of ether oxygens (including phenoxy) is 1. The number of esters is 1. The molecule has 1 N–H and O–H groups in total. The molecule has 0 fully saturated rings. The van der Waals surface area contributed by atoms with Crippen molar-refractivity contribution < 1.29 is 28.8 Å². The van der Waals surface area contributed by atoms with Gasteiger partial charge in [0.2, 0.25) is 0 Å². The van der Waals surface area contributed by atoms with Crippen molar-refractivity contribution in [3.8, 4) is 0 Å². The first-order valence-corrected chi connectivity index (χ1v) is 8.48. The van der Waals surface area contributed by atoms with E-state index < -0.39 is 47.5 Å². The second-order valence-electron chi connectivity index (χ2n) is 6.08. The van der Waals surface area contributed by atoms with Crippen LogP contribution in [0.15, 0.2) is 48.5 Å². The number of rotatable bonds is 7. The van der Waals surface area contributed by atoms with E-state index >= 15 is 0 Å². The molecule has 0 atom stereocenters. The summed E-state index contributed by atoms with van der Waals surface area (Å²) in [5.41, 5.74) is -0.176. The Labute approximate surface area is 164 Å². The fourth-order valence-electron chi connectivity index (χ4n) is 2.78. The van der Waals surface area contributed by atoms with Crippen LogP contribution in [-0.2, 0) is 20.9 Å². The summed E-state index contributed by atoms with van der Waals surface area (Å²) in [4.78, 5) is 59.3. The quantitative estimate of drug-likeness (QED) is 0.319. The number of carbonyl (C=O) groups is 4. The third kappa shape index (κ3) is 4.26. The highest BCUT2D eigenvalue weighted by molar-refractivity contribution is 6.24. The Morgan fingerprint density at radius 1 is 1.03 bits per heavy atom. The van der Waals surface area contributed by atoms with Gasteiger partial charge in [0.1, 0.15) is 12.1 Å². The zero-order valence-corrected chi connectivity index (χ0v) is 15.0. The number of benzene rings is 2. The van der Waals surface area contributed by atoms with E-state index in [1.54, 1.807) is 0 Å². The van der Waals surface area contributed by atoms with Crippen molar-refractivity contribution in [3.63, 3.8) is 0 Å². The number of hydrogen-bond acceptors (Lipinski definition) is 7. The van der Waals surface area contributed by atoms with Crippen molar-refractivity contribution in [1.29, 1.82) is 0 Å². The van der Waals surface area contributed by atoms with Gasteiger partial charge in [0.15, 0.2) is 6.61 Å². The number of hydrogen-bond donors (Lipinski definition) is 1. The maximum Gasteiger partial charge on any atom is 0.326 e. The average molecular weight is 397 g/mol. The highest BCUT2D eigenvalue weighted by Gasteiger charge is 2.41. The fourth-order valence-corrected chi connectivity index (χ4v) is 2.78. The van der Waals surface area contributed by atoms with Crippen LogP contribution < -0.4 is 5.32 Å². The number of nitrogens with one attached hydrogen (secondary N) is 1. The zero-order valence-electron chi connectivity index (χ0n) is 15.0. The molecule has 1 heterocycles. The van der Waals surface area contributed by atoms with Crippen molar-refractivity contribution in [3.05, 3.63) is 75.3 Å². The van der Waals surface area contributed by atoms with Crippen LogP contribution in [0.2, 0.25) is 0 Å². The molecule has 0 unspecified atom stereocenters. The van der Waals surface area contributed by atoms with Gasteiger partial charge in [-0.25, -0.2) is 0 Å². The predicted octanol–water partition coefficient (Wildman–Crippen LogP) is 1.05. The van der Waals surface area contributed by atoms with Crippen LogP contribution in [0.3, 0.4) is 0 Å². The van der Waals surface area contributed by atoms with Gasteiger partial charge in [-0.2, -0.15) is 0 Å². The predicted molar refractivity (Wildman–Crippen MR) is 97.7 cm³/mol. The monoisotopic (exact) mass is 397 g/mol. The van der Waals surface area contributed by atoms with Crippen molar-refractivity contribution in [2.24, 2.45) is 0 Å². The molecule has 2 aromatic rings. The van der Waals surface area contributed by atoms with Crippen molar-refractivity contribution in [1.82, 2.24) is 10.2 Å². The summed E-state index contributed by atoms with van der Waals surface area (Å²) in [7, 11) is 0. The van der Waals surface area contributed by atoms with Gasteiger partial charge in [0.25, 0.3) is 23.4 Å². The highest BCUT2D eigenvalue weighted by atomic mass is 16.6. The molecule has 0 bridgehead atoms. The van der Waals surface area contributed by atoms with Crippen LogP contribution in [0.5, 0.6) is 0 Å². The zero-order chi connectivity index (χ0) is 21.0. The molecule has 3 amide bonds. The Kier molecular flexibility index (Phi) is 5.63. The van der Waals surface area contributed by atoms with Crippen molar-refractivity contribution in [2.45, 2.75) is 6.54 Å². The minimum atomic E-state index is -0.989. The third-order valence-electron chi connectivity index (χ3n) is 4.16. The molecular formula is C19H15N3O7. The summed E-state index contributed by atoms with van der Waals surface area (Å²) < 4.78 is 4.80. The Morgan fingerprint density at radius 2 is 1.76 bits per heavy atom. The van der Waals surface area contributed by atoms with Crippen molar-refractivity contribution in [2.75, 3.05) is 13.2 Å². The second kappa shape index (κ2) is 8.30. The fraction of sp³-hybridized carbons (Fsp3) is 0.158. The Morgan fingerprint density at radius 3 is 2.45 bits per heavy atom. The molecule has 0 aromatic heterocycles. The van der Waals surface area contributed by atoms with E-state index in [0.29, 0.717) is 4.90 Å². The van der Waals surface area contributed by atoms with Crippen LogP contribution in [0.1, 0.15) is 26.3 Å². The van der Waals surface area contributed by atoms with Crippen LogP contribution in [0.4, 0.5) is 5.69 Å². The minimum absolute atomic E-state index is 0.155. The standard InChI is InChI=1S/C19H15N3O7/c23-15(20-9-12-5-2-1-3-6-12)11-29-16(24)10-21-18(25)13-7-4-8-14(22(27)28)17(13)19(21)26/h1-8H,9-11H2,(H,20,23). The molecule has 10 nitrogen and oxygen atoms in total.